The largest absolute Gasteiger partial charge is 0.466 e. The van der Waals surface area contributed by atoms with Gasteiger partial charge in [0.1, 0.15) is 21.8 Å². The molecular formula is C24H30N4O4S2. The molecule has 0 N–H and O–H groups in total. The number of amides is 1. The Morgan fingerprint density at radius 3 is 2.53 bits per heavy atom. The van der Waals surface area contributed by atoms with E-state index in [4.69, 9.17) is 17.0 Å². The standard InChI is InChI=1S/C24H30N4O4S2/c1-6-14(3)28-22(30)19(34-24(28)33)12-17-15(4)18(13-25)21(29)26(5)20(17)27-10-8-16(9-11-27)23(31)32-7-2/h12,14,16H,6-11H2,1-5H3/b19-12-. The van der Waals surface area contributed by atoms with E-state index in [2.05, 4.69) is 0 Å². The van der Waals surface area contributed by atoms with Crippen LogP contribution in [0.3, 0.4) is 0 Å². The fraction of sp³-hybridized carbons (Fsp3) is 0.542. The van der Waals surface area contributed by atoms with Crippen LogP contribution >= 0.6 is 24.0 Å². The highest BCUT2D eigenvalue weighted by molar-refractivity contribution is 8.26. The van der Waals surface area contributed by atoms with Gasteiger partial charge in [-0.3, -0.25) is 23.9 Å². The maximum absolute atomic E-state index is 13.2. The smallest absolute Gasteiger partial charge is 0.309 e. The van der Waals surface area contributed by atoms with Gasteiger partial charge in [-0.25, -0.2) is 0 Å². The van der Waals surface area contributed by atoms with Crippen molar-refractivity contribution in [1.82, 2.24) is 9.47 Å². The molecule has 0 bridgehead atoms. The summed E-state index contributed by atoms with van der Waals surface area (Å²) >= 11 is 6.70. The Morgan fingerprint density at radius 2 is 1.97 bits per heavy atom. The van der Waals surface area contributed by atoms with E-state index in [0.29, 0.717) is 58.7 Å². The quantitative estimate of drug-likeness (QED) is 0.332. The first-order valence-electron chi connectivity index (χ1n) is 11.5. The average Bonchev–Trinajstić information content (AvgIpc) is 3.10. The fourth-order valence-corrected chi connectivity index (χ4v) is 5.80. The van der Waals surface area contributed by atoms with Crippen LogP contribution in [0.5, 0.6) is 0 Å². The lowest BCUT2D eigenvalue weighted by atomic mass is 9.95. The lowest BCUT2D eigenvalue weighted by Crippen LogP contribution is -2.40. The number of thiocarbonyl (C=S) groups is 1. The van der Waals surface area contributed by atoms with Crippen LogP contribution in [0, 0.1) is 24.2 Å². The summed E-state index contributed by atoms with van der Waals surface area (Å²) in [5.74, 6) is 0.102. The van der Waals surface area contributed by atoms with Crippen molar-refractivity contribution in [2.45, 2.75) is 53.0 Å². The SMILES string of the molecule is CCOC(=O)C1CCN(c2c(/C=C3\SC(=S)N(C(C)CC)C3=O)c(C)c(C#N)c(=O)n2C)CC1. The predicted octanol–water partition coefficient (Wildman–Crippen LogP) is 3.34. The van der Waals surface area contributed by atoms with Gasteiger partial charge in [0.2, 0.25) is 0 Å². The van der Waals surface area contributed by atoms with Gasteiger partial charge in [0.25, 0.3) is 11.5 Å². The summed E-state index contributed by atoms with van der Waals surface area (Å²) in [5.41, 5.74) is 0.850. The summed E-state index contributed by atoms with van der Waals surface area (Å²) in [6.45, 7) is 8.93. The molecule has 3 heterocycles. The highest BCUT2D eigenvalue weighted by Gasteiger charge is 2.36. The number of carbonyl (C=O) groups is 2. The van der Waals surface area contributed by atoms with Crippen LogP contribution in [0.1, 0.15) is 56.7 Å². The second-order valence-electron chi connectivity index (χ2n) is 8.54. The number of hydrogen-bond donors (Lipinski definition) is 0. The van der Waals surface area contributed by atoms with Crippen LogP contribution in [0.15, 0.2) is 9.70 Å². The van der Waals surface area contributed by atoms with E-state index in [1.165, 1.54) is 16.3 Å². The van der Waals surface area contributed by atoms with E-state index in [-0.39, 0.29) is 35.0 Å². The van der Waals surface area contributed by atoms with Crippen LogP contribution in [0.25, 0.3) is 6.08 Å². The van der Waals surface area contributed by atoms with Gasteiger partial charge in [-0.2, -0.15) is 5.26 Å². The van der Waals surface area contributed by atoms with E-state index in [1.807, 2.05) is 24.8 Å². The molecule has 2 aliphatic heterocycles. The zero-order chi connectivity index (χ0) is 25.2. The number of thioether (sulfide) groups is 1. The zero-order valence-electron chi connectivity index (χ0n) is 20.2. The lowest BCUT2D eigenvalue weighted by molar-refractivity contribution is -0.148. The van der Waals surface area contributed by atoms with E-state index in [9.17, 15) is 19.6 Å². The summed E-state index contributed by atoms with van der Waals surface area (Å²) < 4.78 is 7.15. The maximum Gasteiger partial charge on any atom is 0.309 e. The maximum atomic E-state index is 13.2. The van der Waals surface area contributed by atoms with Gasteiger partial charge in [0.05, 0.1) is 17.4 Å². The van der Waals surface area contributed by atoms with Crippen LogP contribution in [-0.2, 0) is 21.4 Å². The number of esters is 1. The van der Waals surface area contributed by atoms with Crippen molar-refractivity contribution in [3.8, 4) is 6.07 Å². The van der Waals surface area contributed by atoms with Gasteiger partial charge in [0.15, 0.2) is 0 Å². The van der Waals surface area contributed by atoms with Gasteiger partial charge in [-0.1, -0.05) is 30.9 Å². The average molecular weight is 503 g/mol. The highest BCUT2D eigenvalue weighted by atomic mass is 32.2. The van der Waals surface area contributed by atoms with E-state index >= 15 is 0 Å². The Kier molecular flexibility index (Phi) is 8.21. The van der Waals surface area contributed by atoms with Crippen molar-refractivity contribution in [3.05, 3.63) is 31.9 Å². The molecule has 0 saturated carbocycles. The van der Waals surface area contributed by atoms with Crippen molar-refractivity contribution >= 4 is 52.1 Å². The van der Waals surface area contributed by atoms with Gasteiger partial charge in [-0.15, -0.1) is 0 Å². The van der Waals surface area contributed by atoms with Crippen molar-refractivity contribution < 1.29 is 14.3 Å². The molecule has 3 rings (SSSR count). The van der Waals surface area contributed by atoms with Crippen molar-refractivity contribution in [2.24, 2.45) is 13.0 Å². The molecule has 8 nitrogen and oxygen atoms in total. The molecule has 1 atom stereocenters. The second kappa shape index (κ2) is 10.7. The van der Waals surface area contributed by atoms with Gasteiger partial charge >= 0.3 is 5.97 Å². The molecule has 1 unspecified atom stereocenters. The fourth-order valence-electron chi connectivity index (χ4n) is 4.35. The number of pyridine rings is 1. The Morgan fingerprint density at radius 1 is 1.32 bits per heavy atom. The number of hydrogen-bond acceptors (Lipinski definition) is 8. The summed E-state index contributed by atoms with van der Waals surface area (Å²) in [6, 6.07) is 2.00. The third-order valence-electron chi connectivity index (χ3n) is 6.51. The first kappa shape index (κ1) is 26.0. The summed E-state index contributed by atoms with van der Waals surface area (Å²) in [4.78, 5) is 42.4. The predicted molar refractivity (Wildman–Crippen MR) is 137 cm³/mol. The second-order valence-corrected chi connectivity index (χ2v) is 10.2. The molecule has 1 amide bonds. The molecule has 0 radical (unpaired) electrons. The first-order chi connectivity index (χ1) is 16.2. The molecule has 1 aromatic rings. The molecule has 0 aliphatic carbocycles. The van der Waals surface area contributed by atoms with Crippen molar-refractivity contribution in [3.63, 3.8) is 0 Å². The topological polar surface area (TPSA) is 95.6 Å². The molecular weight excluding hydrogens is 472 g/mol. The minimum atomic E-state index is -0.383. The van der Waals surface area contributed by atoms with Gasteiger partial charge in [-0.05, 0) is 51.7 Å². The molecule has 10 heteroatoms. The molecule has 0 aromatic carbocycles. The minimum absolute atomic E-state index is 0.0179. The molecule has 182 valence electrons. The molecule has 34 heavy (non-hydrogen) atoms. The Balaban J connectivity index is 2.06. The van der Waals surface area contributed by atoms with Crippen LogP contribution in [0.2, 0.25) is 0 Å². The number of ether oxygens (including phenoxy) is 1. The summed E-state index contributed by atoms with van der Waals surface area (Å²) in [7, 11) is 1.64. The third kappa shape index (κ3) is 4.77. The van der Waals surface area contributed by atoms with Crippen molar-refractivity contribution in [1.29, 1.82) is 5.26 Å². The number of aromatic nitrogens is 1. The Hall–Kier alpha value is -2.64. The number of nitrogens with zero attached hydrogens (tertiary/aromatic N) is 4. The number of anilines is 1. The molecule has 2 saturated heterocycles. The Bertz CT molecular complexity index is 1140. The minimum Gasteiger partial charge on any atom is -0.466 e. The molecule has 0 spiro atoms. The van der Waals surface area contributed by atoms with Gasteiger partial charge < -0.3 is 9.64 Å². The van der Waals surface area contributed by atoms with E-state index in [0.717, 1.165) is 6.42 Å². The lowest BCUT2D eigenvalue weighted by Gasteiger charge is -2.35. The van der Waals surface area contributed by atoms with Crippen molar-refractivity contribution in [2.75, 3.05) is 24.6 Å². The zero-order valence-corrected chi connectivity index (χ0v) is 21.8. The van der Waals surface area contributed by atoms with Gasteiger partial charge in [0, 0.05) is 31.7 Å². The Labute approximate surface area is 209 Å². The van der Waals surface area contributed by atoms with Crippen LogP contribution in [0.4, 0.5) is 5.82 Å². The molecule has 2 fully saturated rings. The van der Waals surface area contributed by atoms with Crippen LogP contribution in [-0.4, -0.2) is 51.4 Å². The third-order valence-corrected chi connectivity index (χ3v) is 7.84. The van der Waals surface area contributed by atoms with Crippen LogP contribution < -0.4 is 10.5 Å². The molecule has 1 aromatic heterocycles. The number of rotatable bonds is 6. The number of carbonyl (C=O) groups excluding carboxylic acids is 2. The van der Waals surface area contributed by atoms with E-state index < -0.39 is 0 Å². The normalized spacial score (nSPS) is 19.0. The number of nitriles is 1. The van der Waals surface area contributed by atoms with E-state index in [1.54, 1.807) is 31.9 Å². The summed E-state index contributed by atoms with van der Waals surface area (Å²) in [6.07, 6.45) is 3.73. The summed E-state index contributed by atoms with van der Waals surface area (Å²) in [5, 5.41) is 9.65. The molecule has 2 aliphatic rings. The highest BCUT2D eigenvalue weighted by Crippen LogP contribution is 2.37. The first-order valence-corrected chi connectivity index (χ1v) is 12.7. The number of piperidine rings is 1. The monoisotopic (exact) mass is 502 g/mol.